The van der Waals surface area contributed by atoms with Crippen LogP contribution in [0.1, 0.15) is 23.0 Å². The summed E-state index contributed by atoms with van der Waals surface area (Å²) in [6.45, 7) is 2.92. The van der Waals surface area contributed by atoms with Gasteiger partial charge >= 0.3 is 0 Å². The molecular weight excluding hydrogens is 338 g/mol. The molecule has 1 heterocycles. The van der Waals surface area contributed by atoms with Gasteiger partial charge in [-0.05, 0) is 19.9 Å². The Kier molecular flexibility index (Phi) is 4.24. The maximum Gasteiger partial charge on any atom is 0.205 e. The van der Waals surface area contributed by atoms with Crippen molar-refractivity contribution in [2.75, 3.05) is 0 Å². The number of Topliss-reactive ketones (excluding diaryl/α,β-unsaturated/α-hetero) is 1. The first kappa shape index (κ1) is 17.0. The van der Waals surface area contributed by atoms with E-state index < -0.39 is 40.9 Å². The zero-order chi connectivity index (χ0) is 18.3. The van der Waals surface area contributed by atoms with E-state index in [9.17, 15) is 22.4 Å². The predicted molar refractivity (Wildman–Crippen MR) is 83.7 cm³/mol. The lowest BCUT2D eigenvalue weighted by Gasteiger charge is -2.15. The van der Waals surface area contributed by atoms with E-state index in [1.807, 2.05) is 0 Å². The fraction of sp³-hybridized carbons (Fsp3) is 0.167. The number of nitrogens with one attached hydrogen (secondary N) is 1. The summed E-state index contributed by atoms with van der Waals surface area (Å²) in [5.41, 5.74) is 1.55. The van der Waals surface area contributed by atoms with Crippen molar-refractivity contribution in [1.82, 2.24) is 4.98 Å². The van der Waals surface area contributed by atoms with Gasteiger partial charge in [0.15, 0.2) is 23.5 Å². The summed E-state index contributed by atoms with van der Waals surface area (Å²) in [7, 11) is 0. The molecule has 0 bridgehead atoms. The van der Waals surface area contributed by atoms with Crippen molar-refractivity contribution in [2.45, 2.75) is 20.0 Å². The van der Waals surface area contributed by atoms with Crippen LogP contribution in [0.25, 0.3) is 10.9 Å². The average Bonchev–Trinajstić information content (AvgIpc) is 2.91. The fourth-order valence-corrected chi connectivity index (χ4v) is 2.68. The number of H-pyrrole nitrogens is 1. The third-order valence-corrected chi connectivity index (χ3v) is 3.88. The Hall–Kier alpha value is -2.83. The molecule has 0 saturated carbocycles. The second-order valence-electron chi connectivity index (χ2n) is 5.59. The summed E-state index contributed by atoms with van der Waals surface area (Å²) in [4.78, 5) is 15.7. The Morgan fingerprint density at radius 3 is 2.32 bits per heavy atom. The van der Waals surface area contributed by atoms with E-state index in [0.717, 1.165) is 0 Å². The zero-order valence-electron chi connectivity index (χ0n) is 13.3. The number of para-hydroxylation sites is 1. The van der Waals surface area contributed by atoms with Crippen molar-refractivity contribution in [2.24, 2.45) is 0 Å². The molecule has 25 heavy (non-hydrogen) atoms. The summed E-state index contributed by atoms with van der Waals surface area (Å²) >= 11 is 0. The van der Waals surface area contributed by atoms with Crippen LogP contribution in [-0.4, -0.2) is 16.9 Å². The zero-order valence-corrected chi connectivity index (χ0v) is 13.3. The molecule has 3 aromatic rings. The van der Waals surface area contributed by atoms with Gasteiger partial charge in [0, 0.05) is 28.2 Å². The number of carbonyl (C=O) groups is 1. The van der Waals surface area contributed by atoms with Gasteiger partial charge in [0.2, 0.25) is 17.4 Å². The Morgan fingerprint density at radius 1 is 1.08 bits per heavy atom. The SMILES string of the molecule is Cc1[nH]c2ccccc2c1C(=O)[C@H](C)Oc1c(F)c(F)cc(F)c1F. The van der Waals surface area contributed by atoms with Crippen molar-refractivity contribution in [3.05, 3.63) is 64.9 Å². The molecule has 0 spiro atoms. The maximum absolute atomic E-state index is 13.7. The maximum atomic E-state index is 13.7. The lowest BCUT2D eigenvalue weighted by molar-refractivity contribution is 0.0803. The van der Waals surface area contributed by atoms with Crippen LogP contribution in [-0.2, 0) is 0 Å². The minimum absolute atomic E-state index is 0.0772. The number of hydrogen-bond donors (Lipinski definition) is 1. The second kappa shape index (κ2) is 6.23. The average molecular weight is 351 g/mol. The Morgan fingerprint density at radius 2 is 1.68 bits per heavy atom. The number of hydrogen-bond acceptors (Lipinski definition) is 2. The van der Waals surface area contributed by atoms with Gasteiger partial charge in [-0.2, -0.15) is 8.78 Å². The van der Waals surface area contributed by atoms with Crippen LogP contribution >= 0.6 is 0 Å². The van der Waals surface area contributed by atoms with Gasteiger partial charge < -0.3 is 9.72 Å². The molecule has 130 valence electrons. The molecule has 0 aliphatic heterocycles. The van der Waals surface area contributed by atoms with E-state index in [1.54, 1.807) is 31.2 Å². The van der Waals surface area contributed by atoms with Gasteiger partial charge in [0.1, 0.15) is 0 Å². The molecule has 1 atom stereocenters. The van der Waals surface area contributed by atoms with Crippen molar-refractivity contribution in [3.63, 3.8) is 0 Å². The van der Waals surface area contributed by atoms with E-state index in [2.05, 4.69) is 4.98 Å². The van der Waals surface area contributed by atoms with E-state index >= 15 is 0 Å². The summed E-state index contributed by atoms with van der Waals surface area (Å²) < 4.78 is 58.9. The highest BCUT2D eigenvalue weighted by Crippen LogP contribution is 2.29. The first-order valence-electron chi connectivity index (χ1n) is 7.42. The molecule has 0 fully saturated rings. The Balaban J connectivity index is 1.98. The monoisotopic (exact) mass is 351 g/mol. The Labute approximate surface area is 140 Å². The third kappa shape index (κ3) is 2.86. The van der Waals surface area contributed by atoms with E-state index in [1.165, 1.54) is 6.92 Å². The first-order valence-corrected chi connectivity index (χ1v) is 7.42. The Bertz CT molecular complexity index is 955. The molecule has 0 aliphatic carbocycles. The van der Waals surface area contributed by atoms with Crippen LogP contribution in [0.2, 0.25) is 0 Å². The number of benzene rings is 2. The topological polar surface area (TPSA) is 42.1 Å². The van der Waals surface area contributed by atoms with Gasteiger partial charge in [-0.15, -0.1) is 0 Å². The highest BCUT2D eigenvalue weighted by molar-refractivity contribution is 6.11. The minimum atomic E-state index is -1.69. The van der Waals surface area contributed by atoms with Gasteiger partial charge in [0.25, 0.3) is 0 Å². The molecular formula is C18H13F4NO2. The summed E-state index contributed by atoms with van der Waals surface area (Å²) in [6.07, 6.45) is -1.36. The standard InChI is InChI=1S/C18H13F4NO2/c1-8-14(10-5-3-4-6-13(10)23-8)17(24)9(2)25-18-15(21)11(19)7-12(20)16(18)22/h3-7,9,23H,1-2H3/t9-/m0/s1. The number of ketones is 1. The summed E-state index contributed by atoms with van der Waals surface area (Å²) in [6, 6.07) is 7.08. The van der Waals surface area contributed by atoms with Gasteiger partial charge in [-0.3, -0.25) is 4.79 Å². The van der Waals surface area contributed by atoms with E-state index in [-0.39, 0.29) is 6.07 Å². The number of halogens is 4. The van der Waals surface area contributed by atoms with Crippen molar-refractivity contribution in [1.29, 1.82) is 0 Å². The van der Waals surface area contributed by atoms with E-state index in [0.29, 0.717) is 22.2 Å². The van der Waals surface area contributed by atoms with Crippen LogP contribution in [0.3, 0.4) is 0 Å². The van der Waals surface area contributed by atoms with Gasteiger partial charge in [-0.25, -0.2) is 8.78 Å². The summed E-state index contributed by atoms with van der Waals surface area (Å²) in [5.74, 6) is -8.40. The molecule has 3 nitrogen and oxygen atoms in total. The highest BCUT2D eigenvalue weighted by atomic mass is 19.2. The van der Waals surface area contributed by atoms with Gasteiger partial charge in [0.05, 0.1) is 0 Å². The first-order chi connectivity index (χ1) is 11.8. The molecule has 7 heteroatoms. The van der Waals surface area contributed by atoms with Crippen molar-refractivity contribution in [3.8, 4) is 5.75 Å². The van der Waals surface area contributed by atoms with Crippen LogP contribution < -0.4 is 4.74 Å². The number of aromatic amines is 1. The van der Waals surface area contributed by atoms with Crippen molar-refractivity contribution >= 4 is 16.7 Å². The normalized spacial score (nSPS) is 12.4. The third-order valence-electron chi connectivity index (χ3n) is 3.88. The molecule has 0 aliphatic rings. The molecule has 1 aromatic heterocycles. The quantitative estimate of drug-likeness (QED) is 0.421. The van der Waals surface area contributed by atoms with Gasteiger partial charge in [-0.1, -0.05) is 18.2 Å². The van der Waals surface area contributed by atoms with Crippen LogP contribution in [0, 0.1) is 30.2 Å². The number of aryl methyl sites for hydroxylation is 1. The van der Waals surface area contributed by atoms with Crippen LogP contribution in [0.15, 0.2) is 30.3 Å². The second-order valence-corrected chi connectivity index (χ2v) is 5.59. The van der Waals surface area contributed by atoms with Crippen LogP contribution in [0.4, 0.5) is 17.6 Å². The largest absolute Gasteiger partial charge is 0.476 e. The lowest BCUT2D eigenvalue weighted by Crippen LogP contribution is -2.25. The van der Waals surface area contributed by atoms with Crippen LogP contribution in [0.5, 0.6) is 5.75 Å². The molecule has 0 saturated heterocycles. The number of fused-ring (bicyclic) bond motifs is 1. The number of ether oxygens (including phenoxy) is 1. The number of aromatic nitrogens is 1. The molecule has 1 N–H and O–H groups in total. The molecule has 0 unspecified atom stereocenters. The minimum Gasteiger partial charge on any atom is -0.476 e. The number of carbonyl (C=O) groups excluding carboxylic acids is 1. The fourth-order valence-electron chi connectivity index (χ4n) is 2.68. The molecule has 3 rings (SSSR count). The lowest BCUT2D eigenvalue weighted by atomic mass is 10.0. The summed E-state index contributed by atoms with van der Waals surface area (Å²) in [5, 5.41) is 0.617. The molecule has 0 radical (unpaired) electrons. The highest BCUT2D eigenvalue weighted by Gasteiger charge is 2.27. The predicted octanol–water partition coefficient (Wildman–Crippen LogP) is 4.68. The van der Waals surface area contributed by atoms with Crippen molar-refractivity contribution < 1.29 is 27.1 Å². The number of rotatable bonds is 4. The smallest absolute Gasteiger partial charge is 0.205 e. The molecule has 0 amide bonds. The van der Waals surface area contributed by atoms with E-state index in [4.69, 9.17) is 4.74 Å². The molecule has 2 aromatic carbocycles.